The van der Waals surface area contributed by atoms with E-state index in [1.54, 1.807) is 0 Å². The summed E-state index contributed by atoms with van der Waals surface area (Å²) in [5, 5.41) is 1.24. The Kier molecular flexibility index (Phi) is 6.56. The zero-order valence-corrected chi connectivity index (χ0v) is 19.1. The van der Waals surface area contributed by atoms with Crippen LogP contribution in [0.2, 0.25) is 0 Å². The van der Waals surface area contributed by atoms with Crippen LogP contribution in [0, 0.1) is 23.7 Å². The Balaban J connectivity index is 1.47. The van der Waals surface area contributed by atoms with Gasteiger partial charge in [0.25, 0.3) is 0 Å². The van der Waals surface area contributed by atoms with Gasteiger partial charge in [0.05, 0.1) is 37.0 Å². The molecule has 0 saturated carbocycles. The van der Waals surface area contributed by atoms with Gasteiger partial charge in [0.2, 0.25) is 23.6 Å². The lowest BCUT2D eigenvalue weighted by Gasteiger charge is -2.30. The standard InChI is InChI=1S/C22H27Cl2N3O4/c1-2-3-8-25(11-26-19(28)15-6-4-13(23)9-17(15)21(26)30)12-27-20(29)16-7-5-14(24)10-18(16)22(27)31/h4-5,15-18H,2-3,6-12H2,1H3. The number of carbonyl (C=O) groups is 4. The summed E-state index contributed by atoms with van der Waals surface area (Å²) in [6.07, 6.45) is 7.09. The Hall–Kier alpha value is -1.70. The van der Waals surface area contributed by atoms with Crippen molar-refractivity contribution in [3.63, 3.8) is 0 Å². The molecule has 4 aliphatic rings. The second-order valence-corrected chi connectivity index (χ2v) is 9.82. The molecule has 0 bridgehead atoms. The third-order valence-electron chi connectivity index (χ3n) is 6.83. The van der Waals surface area contributed by atoms with Crippen molar-refractivity contribution in [1.82, 2.24) is 14.7 Å². The van der Waals surface area contributed by atoms with Crippen molar-refractivity contribution in [1.29, 1.82) is 0 Å². The number of allylic oxidation sites excluding steroid dienone is 4. The number of nitrogens with zero attached hydrogens (tertiary/aromatic N) is 3. The SMILES string of the molecule is CCCCN(CN1C(=O)C2CC=C(Cl)CC2C1=O)CN1C(=O)C2CC=C(Cl)CC2C1=O. The molecule has 2 aliphatic carbocycles. The Morgan fingerprint density at radius 2 is 1.23 bits per heavy atom. The third-order valence-corrected chi connectivity index (χ3v) is 7.45. The smallest absolute Gasteiger partial charge is 0.234 e. The zero-order chi connectivity index (χ0) is 22.3. The first-order valence-electron chi connectivity index (χ1n) is 10.9. The van der Waals surface area contributed by atoms with Crippen molar-refractivity contribution in [3.8, 4) is 0 Å². The van der Waals surface area contributed by atoms with E-state index >= 15 is 0 Å². The highest BCUT2D eigenvalue weighted by Crippen LogP contribution is 2.40. The Bertz CT molecular complexity index is 805. The van der Waals surface area contributed by atoms with E-state index in [1.165, 1.54) is 9.80 Å². The largest absolute Gasteiger partial charge is 0.274 e. The van der Waals surface area contributed by atoms with Gasteiger partial charge in [0.1, 0.15) is 0 Å². The number of hydrogen-bond donors (Lipinski definition) is 0. The van der Waals surface area contributed by atoms with Crippen molar-refractivity contribution in [2.75, 3.05) is 19.9 Å². The minimum absolute atomic E-state index is 0.0771. The molecule has 4 rings (SSSR count). The summed E-state index contributed by atoms with van der Waals surface area (Å²) in [7, 11) is 0. The van der Waals surface area contributed by atoms with Gasteiger partial charge >= 0.3 is 0 Å². The van der Waals surface area contributed by atoms with Crippen LogP contribution in [0.3, 0.4) is 0 Å². The normalized spacial score (nSPS) is 30.7. The van der Waals surface area contributed by atoms with E-state index in [0.29, 0.717) is 42.3 Å². The molecule has 0 aromatic heterocycles. The summed E-state index contributed by atoms with van der Waals surface area (Å²) in [6, 6.07) is 0. The number of unbranched alkanes of at least 4 members (excludes halogenated alkanes) is 1. The molecule has 2 fully saturated rings. The number of rotatable bonds is 7. The van der Waals surface area contributed by atoms with E-state index in [2.05, 4.69) is 0 Å². The van der Waals surface area contributed by atoms with Crippen molar-refractivity contribution in [2.24, 2.45) is 23.7 Å². The number of imide groups is 2. The van der Waals surface area contributed by atoms with E-state index in [4.69, 9.17) is 23.2 Å². The van der Waals surface area contributed by atoms with Crippen LogP contribution in [0.4, 0.5) is 0 Å². The maximum absolute atomic E-state index is 12.9. The molecule has 7 nitrogen and oxygen atoms in total. The molecule has 168 valence electrons. The fraction of sp³-hybridized carbons (Fsp3) is 0.636. The van der Waals surface area contributed by atoms with Crippen LogP contribution in [0.25, 0.3) is 0 Å². The molecule has 2 aliphatic heterocycles. The average Bonchev–Trinajstić information content (AvgIpc) is 3.11. The highest BCUT2D eigenvalue weighted by molar-refractivity contribution is 6.30. The Morgan fingerprint density at radius 1 is 0.806 bits per heavy atom. The van der Waals surface area contributed by atoms with E-state index < -0.39 is 11.8 Å². The number of likely N-dealkylation sites (tertiary alicyclic amines) is 2. The Labute approximate surface area is 192 Å². The number of fused-ring (bicyclic) bond motifs is 2. The van der Waals surface area contributed by atoms with Gasteiger partial charge in [-0.1, -0.05) is 48.7 Å². The van der Waals surface area contributed by atoms with E-state index in [1.807, 2.05) is 24.0 Å². The van der Waals surface area contributed by atoms with E-state index in [0.717, 1.165) is 12.8 Å². The van der Waals surface area contributed by atoms with Crippen molar-refractivity contribution in [3.05, 3.63) is 22.2 Å². The van der Waals surface area contributed by atoms with Crippen LogP contribution in [-0.4, -0.2) is 58.2 Å². The molecule has 9 heteroatoms. The van der Waals surface area contributed by atoms with Crippen molar-refractivity contribution in [2.45, 2.75) is 45.4 Å². The molecule has 0 radical (unpaired) electrons. The molecular formula is C22H27Cl2N3O4. The van der Waals surface area contributed by atoms with Gasteiger partial charge in [-0.3, -0.25) is 33.9 Å². The minimum atomic E-state index is -0.413. The molecular weight excluding hydrogens is 441 g/mol. The van der Waals surface area contributed by atoms with Gasteiger partial charge in [-0.25, -0.2) is 0 Å². The molecule has 0 spiro atoms. The topological polar surface area (TPSA) is 78.0 Å². The first kappa shape index (κ1) is 22.5. The molecule has 2 heterocycles. The fourth-order valence-corrected chi connectivity index (χ4v) is 5.55. The molecule has 2 saturated heterocycles. The highest BCUT2D eigenvalue weighted by atomic mass is 35.5. The van der Waals surface area contributed by atoms with Gasteiger partial charge in [-0.2, -0.15) is 0 Å². The maximum Gasteiger partial charge on any atom is 0.234 e. The van der Waals surface area contributed by atoms with Crippen LogP contribution < -0.4 is 0 Å². The summed E-state index contributed by atoms with van der Waals surface area (Å²) < 4.78 is 0. The molecule has 0 N–H and O–H groups in total. The lowest BCUT2D eigenvalue weighted by molar-refractivity contribution is -0.145. The molecule has 0 aromatic carbocycles. The predicted octanol–water partition coefficient (Wildman–Crippen LogP) is 3.04. The number of amides is 4. The van der Waals surface area contributed by atoms with Crippen LogP contribution in [-0.2, 0) is 19.2 Å². The number of carbonyl (C=O) groups excluding carboxylic acids is 4. The van der Waals surface area contributed by atoms with Gasteiger partial charge in [-0.05, 0) is 32.1 Å². The van der Waals surface area contributed by atoms with Crippen LogP contribution in [0.15, 0.2) is 22.2 Å². The van der Waals surface area contributed by atoms with Crippen molar-refractivity contribution < 1.29 is 19.2 Å². The summed E-state index contributed by atoms with van der Waals surface area (Å²) in [6.45, 7) is 2.77. The summed E-state index contributed by atoms with van der Waals surface area (Å²) in [4.78, 5) is 56.1. The van der Waals surface area contributed by atoms with Crippen LogP contribution in [0.5, 0.6) is 0 Å². The first-order chi connectivity index (χ1) is 14.8. The van der Waals surface area contributed by atoms with Crippen molar-refractivity contribution >= 4 is 46.8 Å². The summed E-state index contributed by atoms with van der Waals surface area (Å²) >= 11 is 12.2. The quantitative estimate of drug-likeness (QED) is 0.537. The molecule has 4 unspecified atom stereocenters. The van der Waals surface area contributed by atoms with Crippen LogP contribution >= 0.6 is 23.2 Å². The minimum Gasteiger partial charge on any atom is -0.274 e. The second-order valence-electron chi connectivity index (χ2n) is 8.85. The number of halogens is 2. The summed E-state index contributed by atoms with van der Waals surface area (Å²) in [5.74, 6) is -2.38. The fourth-order valence-electron chi connectivity index (χ4n) is 5.04. The Morgan fingerprint density at radius 3 is 1.65 bits per heavy atom. The molecule has 31 heavy (non-hydrogen) atoms. The maximum atomic E-state index is 12.9. The molecule has 0 aromatic rings. The molecule has 4 amide bonds. The first-order valence-corrected chi connectivity index (χ1v) is 11.7. The third kappa shape index (κ3) is 4.20. The van der Waals surface area contributed by atoms with Gasteiger partial charge in [0, 0.05) is 16.6 Å². The predicted molar refractivity (Wildman–Crippen MR) is 115 cm³/mol. The van der Waals surface area contributed by atoms with E-state index in [9.17, 15) is 19.2 Å². The lowest BCUT2D eigenvalue weighted by Crippen LogP contribution is -2.48. The zero-order valence-electron chi connectivity index (χ0n) is 17.6. The summed E-state index contributed by atoms with van der Waals surface area (Å²) in [5.41, 5.74) is 0. The number of hydrogen-bond acceptors (Lipinski definition) is 5. The second kappa shape index (κ2) is 9.04. The van der Waals surface area contributed by atoms with Gasteiger partial charge < -0.3 is 0 Å². The molecule has 4 atom stereocenters. The van der Waals surface area contributed by atoms with Crippen LogP contribution in [0.1, 0.15) is 45.4 Å². The van der Waals surface area contributed by atoms with Gasteiger partial charge in [0.15, 0.2) is 0 Å². The monoisotopic (exact) mass is 467 g/mol. The lowest BCUT2D eigenvalue weighted by atomic mass is 9.85. The van der Waals surface area contributed by atoms with Gasteiger partial charge in [-0.15, -0.1) is 0 Å². The average molecular weight is 468 g/mol. The highest BCUT2D eigenvalue weighted by Gasteiger charge is 2.51. The van der Waals surface area contributed by atoms with E-state index in [-0.39, 0.29) is 48.8 Å².